The van der Waals surface area contributed by atoms with Gasteiger partial charge < -0.3 is 5.21 Å². The van der Waals surface area contributed by atoms with Gasteiger partial charge in [0.15, 0.2) is 0 Å². The van der Waals surface area contributed by atoms with Crippen LogP contribution >= 0.6 is 0 Å². The zero-order valence-electron chi connectivity index (χ0n) is 13.5. The highest BCUT2D eigenvalue weighted by atomic mass is 16.5. The van der Waals surface area contributed by atoms with Gasteiger partial charge in [0.05, 0.1) is 17.2 Å². The number of aryl methyl sites for hydroxylation is 1. The molecule has 0 aliphatic carbocycles. The van der Waals surface area contributed by atoms with Crippen molar-refractivity contribution >= 4 is 0 Å². The number of benzene rings is 1. The zero-order chi connectivity index (χ0) is 17.3. The minimum Gasteiger partial charge on any atom is -0.710 e. The number of fused-ring (bicyclic) bond motifs is 1. The lowest BCUT2D eigenvalue weighted by atomic mass is 10.2. The summed E-state index contributed by atoms with van der Waals surface area (Å²) in [6, 6.07) is 8.87. The van der Waals surface area contributed by atoms with E-state index in [1.807, 2.05) is 13.0 Å². The van der Waals surface area contributed by atoms with E-state index < -0.39 is 11.2 Å². The van der Waals surface area contributed by atoms with Gasteiger partial charge in [0.2, 0.25) is 11.5 Å². The normalized spacial score (nSPS) is 11.1. The fraction of sp³-hybridized carbons (Fsp3) is 0.312. The van der Waals surface area contributed by atoms with Crippen molar-refractivity contribution in [3.05, 3.63) is 56.4 Å². The number of hydrogen-bond donors (Lipinski definition) is 0. The summed E-state index contributed by atoms with van der Waals surface area (Å²) >= 11 is 0. The molecule has 124 valence electrons. The zero-order valence-corrected chi connectivity index (χ0v) is 13.5. The number of rotatable bonds is 4. The van der Waals surface area contributed by atoms with E-state index in [-0.39, 0.29) is 23.9 Å². The Labute approximate surface area is 137 Å². The lowest BCUT2D eigenvalue weighted by Gasteiger charge is -2.15. The third-order valence-corrected chi connectivity index (χ3v) is 3.73. The van der Waals surface area contributed by atoms with Gasteiger partial charge in [-0.1, -0.05) is 25.1 Å². The Hall–Kier alpha value is -3.03. The predicted octanol–water partition coefficient (Wildman–Crippen LogP) is 0.635. The highest BCUT2D eigenvalue weighted by Gasteiger charge is 2.29. The molecule has 0 unspecified atom stereocenters. The summed E-state index contributed by atoms with van der Waals surface area (Å²) in [5.74, 6) is 0.111. The second kappa shape index (κ2) is 6.23. The summed E-state index contributed by atoms with van der Waals surface area (Å²) in [4.78, 5) is 28.7. The van der Waals surface area contributed by atoms with Gasteiger partial charge in [-0.2, -0.15) is 9.67 Å². The molecule has 0 amide bonds. The van der Waals surface area contributed by atoms with E-state index in [2.05, 4.69) is 10.1 Å². The average molecular weight is 327 g/mol. The van der Waals surface area contributed by atoms with Gasteiger partial charge in [0, 0.05) is 6.54 Å². The van der Waals surface area contributed by atoms with Crippen molar-refractivity contribution in [2.75, 3.05) is 0 Å². The number of aromatic nitrogens is 5. The Morgan fingerprint density at radius 3 is 2.50 bits per heavy atom. The minimum absolute atomic E-state index is 0.00883. The van der Waals surface area contributed by atoms with E-state index in [0.29, 0.717) is 23.3 Å². The Bertz CT molecular complexity index is 962. The van der Waals surface area contributed by atoms with E-state index in [1.54, 1.807) is 31.2 Å². The summed E-state index contributed by atoms with van der Waals surface area (Å²) in [6.07, 6.45) is 0.589. The van der Waals surface area contributed by atoms with E-state index in [4.69, 9.17) is 0 Å². The second-order valence-corrected chi connectivity index (χ2v) is 5.32. The molecule has 0 radical (unpaired) electrons. The van der Waals surface area contributed by atoms with Gasteiger partial charge in [-0.05, 0) is 25.5 Å². The average Bonchev–Trinajstić information content (AvgIpc) is 2.59. The molecule has 0 saturated carbocycles. The topological polar surface area (TPSA) is 96.7 Å². The maximum atomic E-state index is 12.8. The fourth-order valence-corrected chi connectivity index (χ4v) is 2.58. The Morgan fingerprint density at radius 2 is 1.88 bits per heavy atom. The smallest absolute Gasteiger partial charge is 0.359 e. The van der Waals surface area contributed by atoms with Crippen molar-refractivity contribution in [2.24, 2.45) is 0 Å². The molecule has 8 nitrogen and oxygen atoms in total. The van der Waals surface area contributed by atoms with Crippen LogP contribution in [0, 0.1) is 5.21 Å². The molecule has 0 N–H and O–H groups in total. The molecule has 1 aromatic rings. The molecule has 0 fully saturated rings. The molecule has 8 heteroatoms. The van der Waals surface area contributed by atoms with Crippen LogP contribution in [0.4, 0.5) is 0 Å². The molecule has 2 aliphatic rings. The van der Waals surface area contributed by atoms with Crippen LogP contribution in [0.25, 0.3) is 22.9 Å². The van der Waals surface area contributed by atoms with Crippen LogP contribution in [-0.4, -0.2) is 19.3 Å². The molecule has 2 aliphatic heterocycles. The summed E-state index contributed by atoms with van der Waals surface area (Å²) in [6.45, 7) is 4.24. The lowest BCUT2D eigenvalue weighted by molar-refractivity contribution is -0.587. The highest BCUT2D eigenvalue weighted by molar-refractivity contribution is 5.54. The first-order valence-corrected chi connectivity index (χ1v) is 7.79. The van der Waals surface area contributed by atoms with Crippen LogP contribution in [0.5, 0.6) is 0 Å². The molecule has 2 heterocycles. The standard InChI is InChI=1S/C16H17N5O3/c1-3-10-19-15(22)12-14(17-16(19)23)20(4-2)18-13(21(12)24)11-8-6-5-7-9-11/h5-9H,3-4,10H2,1-2H3. The molecular weight excluding hydrogens is 310 g/mol. The second-order valence-electron chi connectivity index (χ2n) is 5.32. The monoisotopic (exact) mass is 327 g/mol. The van der Waals surface area contributed by atoms with Crippen LogP contribution in [0.2, 0.25) is 0 Å². The van der Waals surface area contributed by atoms with E-state index >= 15 is 0 Å². The van der Waals surface area contributed by atoms with Crippen LogP contribution in [0.1, 0.15) is 20.3 Å². The lowest BCUT2D eigenvalue weighted by Crippen LogP contribution is -2.48. The van der Waals surface area contributed by atoms with Gasteiger partial charge in [0.25, 0.3) is 0 Å². The Balaban J connectivity index is 2.43. The maximum Gasteiger partial charge on any atom is 0.359 e. The first kappa shape index (κ1) is 15.9. The van der Waals surface area contributed by atoms with Gasteiger partial charge in [-0.15, -0.1) is 0 Å². The van der Waals surface area contributed by atoms with E-state index in [0.717, 1.165) is 4.57 Å². The Kier molecular flexibility index (Phi) is 4.11. The third-order valence-electron chi connectivity index (χ3n) is 3.73. The molecule has 3 rings (SSSR count). The predicted molar refractivity (Wildman–Crippen MR) is 87.5 cm³/mol. The van der Waals surface area contributed by atoms with Crippen molar-refractivity contribution in [3.63, 3.8) is 0 Å². The summed E-state index contributed by atoms with van der Waals surface area (Å²) in [5.41, 5.74) is -0.877. The van der Waals surface area contributed by atoms with Crippen LogP contribution in [0.15, 0.2) is 39.9 Å². The van der Waals surface area contributed by atoms with Gasteiger partial charge in [-0.3, -0.25) is 9.36 Å². The Morgan fingerprint density at radius 1 is 1.17 bits per heavy atom. The van der Waals surface area contributed by atoms with Crippen LogP contribution in [-0.2, 0) is 13.1 Å². The van der Waals surface area contributed by atoms with Gasteiger partial charge in [0.1, 0.15) is 0 Å². The third kappa shape index (κ3) is 2.45. The quantitative estimate of drug-likeness (QED) is 0.517. The highest BCUT2D eigenvalue weighted by Crippen LogP contribution is 2.16. The molecular formula is C16H17N5O3. The van der Waals surface area contributed by atoms with Gasteiger partial charge >= 0.3 is 17.1 Å². The molecule has 0 saturated heterocycles. The first-order chi connectivity index (χ1) is 11.6. The fourth-order valence-electron chi connectivity index (χ4n) is 2.58. The maximum absolute atomic E-state index is 12.8. The summed E-state index contributed by atoms with van der Waals surface area (Å²) < 4.78 is 2.87. The van der Waals surface area contributed by atoms with Crippen molar-refractivity contribution < 1.29 is 4.73 Å². The first-order valence-electron chi connectivity index (χ1n) is 7.79. The molecule has 0 bridgehead atoms. The van der Waals surface area contributed by atoms with Crippen LogP contribution < -0.4 is 16.0 Å². The van der Waals surface area contributed by atoms with E-state index in [9.17, 15) is 14.8 Å². The van der Waals surface area contributed by atoms with Gasteiger partial charge in [-0.25, -0.2) is 9.52 Å². The van der Waals surface area contributed by atoms with Crippen molar-refractivity contribution in [1.29, 1.82) is 0 Å². The van der Waals surface area contributed by atoms with E-state index in [1.165, 1.54) is 4.68 Å². The summed E-state index contributed by atoms with van der Waals surface area (Å²) in [5, 5.41) is 17.0. The van der Waals surface area contributed by atoms with Crippen molar-refractivity contribution in [3.8, 4) is 22.9 Å². The molecule has 0 spiro atoms. The minimum atomic E-state index is -0.661. The van der Waals surface area contributed by atoms with Crippen molar-refractivity contribution in [1.82, 2.24) is 19.3 Å². The molecule has 0 atom stereocenters. The SMILES string of the molecule is CCCn1c(=O)nc2n(CC)nc(-c3ccccc3)[n+]([O-])c-2c1=O. The largest absolute Gasteiger partial charge is 0.710 e. The number of hydrogen-bond acceptors (Lipinski definition) is 5. The molecule has 1 aromatic carbocycles. The van der Waals surface area contributed by atoms with Crippen LogP contribution in [0.3, 0.4) is 0 Å². The van der Waals surface area contributed by atoms with Crippen molar-refractivity contribution in [2.45, 2.75) is 33.4 Å². The summed E-state index contributed by atoms with van der Waals surface area (Å²) in [7, 11) is 0. The molecule has 24 heavy (non-hydrogen) atoms. The number of nitrogens with zero attached hydrogens (tertiary/aromatic N) is 5. The molecule has 0 aromatic heterocycles.